The molecule has 19 heavy (non-hydrogen) atoms. The van der Waals surface area contributed by atoms with Gasteiger partial charge in [0, 0.05) is 51.0 Å². The molecule has 6 heteroatoms. The molecule has 106 valence electrons. The fourth-order valence-electron chi connectivity index (χ4n) is 2.47. The van der Waals surface area contributed by atoms with E-state index in [0.717, 1.165) is 25.9 Å². The van der Waals surface area contributed by atoms with Crippen LogP contribution in [-0.2, 0) is 0 Å². The Kier molecular flexibility index (Phi) is 4.42. The molecule has 1 fully saturated rings. The maximum absolute atomic E-state index is 11.8. The van der Waals surface area contributed by atoms with Gasteiger partial charge < -0.3 is 15.1 Å². The minimum absolute atomic E-state index is 0.112. The predicted molar refractivity (Wildman–Crippen MR) is 73.8 cm³/mol. The number of nitrogens with one attached hydrogen (secondary N) is 2. The smallest absolute Gasteiger partial charge is 0.319 e. The van der Waals surface area contributed by atoms with E-state index < -0.39 is 0 Å². The molecule has 1 aliphatic rings. The van der Waals surface area contributed by atoms with Gasteiger partial charge in [0.05, 0.1) is 6.20 Å². The van der Waals surface area contributed by atoms with Gasteiger partial charge in [0.15, 0.2) is 0 Å². The van der Waals surface area contributed by atoms with Crippen LogP contribution < -0.4 is 5.32 Å². The summed E-state index contributed by atoms with van der Waals surface area (Å²) in [7, 11) is 3.60. The van der Waals surface area contributed by atoms with E-state index in [1.165, 1.54) is 5.56 Å². The van der Waals surface area contributed by atoms with Crippen LogP contribution in [0, 0.1) is 0 Å². The number of urea groups is 1. The second-order valence-corrected chi connectivity index (χ2v) is 5.36. The Morgan fingerprint density at radius 2 is 2.21 bits per heavy atom. The highest BCUT2D eigenvalue weighted by molar-refractivity contribution is 5.73. The van der Waals surface area contributed by atoms with Gasteiger partial charge in [0.2, 0.25) is 0 Å². The van der Waals surface area contributed by atoms with Crippen molar-refractivity contribution in [1.29, 1.82) is 0 Å². The Hall–Kier alpha value is -1.56. The lowest BCUT2D eigenvalue weighted by Crippen LogP contribution is -2.48. The Bertz CT molecular complexity index is 395. The molecule has 2 amide bonds. The second kappa shape index (κ2) is 6.06. The number of amides is 2. The number of hydrogen-bond donors (Lipinski definition) is 2. The maximum Gasteiger partial charge on any atom is 0.319 e. The third kappa shape index (κ3) is 3.47. The normalized spacial score (nSPS) is 18.4. The minimum atomic E-state index is 0.112. The van der Waals surface area contributed by atoms with Crippen molar-refractivity contribution in [3.63, 3.8) is 0 Å². The number of H-pyrrole nitrogens is 1. The molecule has 0 bridgehead atoms. The lowest BCUT2D eigenvalue weighted by atomic mass is 10.0. The van der Waals surface area contributed by atoms with Crippen molar-refractivity contribution in [2.45, 2.75) is 31.8 Å². The number of aromatic nitrogens is 2. The Balaban J connectivity index is 1.79. The summed E-state index contributed by atoms with van der Waals surface area (Å²) in [5, 5.41) is 10.4. The van der Waals surface area contributed by atoms with Gasteiger partial charge in [-0.25, -0.2) is 4.79 Å². The van der Waals surface area contributed by atoms with Crippen LogP contribution in [0.2, 0.25) is 0 Å². The molecule has 6 nitrogen and oxygen atoms in total. The second-order valence-electron chi connectivity index (χ2n) is 5.36. The zero-order chi connectivity index (χ0) is 13.8. The van der Waals surface area contributed by atoms with Crippen LogP contribution in [0.4, 0.5) is 4.79 Å². The molecule has 1 unspecified atom stereocenters. The highest BCUT2D eigenvalue weighted by Gasteiger charge is 2.24. The van der Waals surface area contributed by atoms with E-state index in [1.54, 1.807) is 19.0 Å². The summed E-state index contributed by atoms with van der Waals surface area (Å²) in [5.41, 5.74) is 1.17. The van der Waals surface area contributed by atoms with Gasteiger partial charge in [-0.1, -0.05) is 0 Å². The average Bonchev–Trinajstić information content (AvgIpc) is 2.92. The molecule has 0 radical (unpaired) electrons. The molecule has 1 saturated heterocycles. The van der Waals surface area contributed by atoms with Gasteiger partial charge >= 0.3 is 6.03 Å². The topological polar surface area (TPSA) is 64.3 Å². The number of nitrogens with zero attached hydrogens (tertiary/aromatic N) is 3. The molecule has 1 aromatic rings. The summed E-state index contributed by atoms with van der Waals surface area (Å²) < 4.78 is 0. The molecule has 0 saturated carbocycles. The molecule has 1 aromatic heterocycles. The van der Waals surface area contributed by atoms with Crippen LogP contribution in [0.5, 0.6) is 0 Å². The molecular formula is C13H23N5O. The number of piperidine rings is 1. The van der Waals surface area contributed by atoms with Crippen LogP contribution in [0.15, 0.2) is 12.4 Å². The van der Waals surface area contributed by atoms with E-state index in [9.17, 15) is 4.79 Å². The van der Waals surface area contributed by atoms with E-state index in [1.807, 2.05) is 17.3 Å². The molecule has 2 rings (SSSR count). The number of carbonyl (C=O) groups is 1. The summed E-state index contributed by atoms with van der Waals surface area (Å²) in [6.07, 6.45) is 5.77. The summed E-state index contributed by atoms with van der Waals surface area (Å²) >= 11 is 0. The quantitative estimate of drug-likeness (QED) is 0.863. The van der Waals surface area contributed by atoms with E-state index in [0.29, 0.717) is 12.1 Å². The first kappa shape index (κ1) is 13.9. The Morgan fingerprint density at radius 3 is 2.74 bits per heavy atom. The molecule has 2 N–H and O–H groups in total. The largest absolute Gasteiger partial charge is 0.331 e. The Labute approximate surface area is 114 Å². The number of aromatic amines is 1. The lowest BCUT2D eigenvalue weighted by molar-refractivity contribution is 0.151. The van der Waals surface area contributed by atoms with Crippen molar-refractivity contribution in [3.8, 4) is 0 Å². The highest BCUT2D eigenvalue weighted by Crippen LogP contribution is 2.17. The lowest BCUT2D eigenvalue weighted by Gasteiger charge is -2.35. The third-order valence-electron chi connectivity index (χ3n) is 3.65. The first-order valence-corrected chi connectivity index (χ1v) is 6.79. The van der Waals surface area contributed by atoms with Gasteiger partial charge in [0.1, 0.15) is 0 Å². The van der Waals surface area contributed by atoms with E-state index >= 15 is 0 Å². The predicted octanol–water partition coefficient (Wildman–Crippen LogP) is 1.21. The van der Waals surface area contributed by atoms with Gasteiger partial charge in [-0.05, 0) is 19.8 Å². The number of rotatable bonds is 3. The van der Waals surface area contributed by atoms with Crippen molar-refractivity contribution < 1.29 is 4.79 Å². The van der Waals surface area contributed by atoms with Crippen molar-refractivity contribution >= 4 is 6.03 Å². The number of carbonyl (C=O) groups excluding carboxylic acids is 1. The first-order valence-electron chi connectivity index (χ1n) is 6.79. The summed E-state index contributed by atoms with van der Waals surface area (Å²) in [4.78, 5) is 15.4. The minimum Gasteiger partial charge on any atom is -0.331 e. The zero-order valence-corrected chi connectivity index (χ0v) is 11.9. The molecule has 2 heterocycles. The van der Waals surface area contributed by atoms with Gasteiger partial charge in [0.25, 0.3) is 0 Å². The van der Waals surface area contributed by atoms with Crippen LogP contribution >= 0.6 is 0 Å². The van der Waals surface area contributed by atoms with Crippen LogP contribution in [0.25, 0.3) is 0 Å². The van der Waals surface area contributed by atoms with E-state index in [4.69, 9.17) is 0 Å². The third-order valence-corrected chi connectivity index (χ3v) is 3.65. The molecule has 0 aliphatic carbocycles. The fourth-order valence-corrected chi connectivity index (χ4v) is 2.47. The van der Waals surface area contributed by atoms with Crippen LogP contribution in [0.3, 0.4) is 0 Å². The first-order chi connectivity index (χ1) is 9.08. The molecule has 1 atom stereocenters. The van der Waals surface area contributed by atoms with Crippen LogP contribution in [0.1, 0.15) is 31.4 Å². The number of likely N-dealkylation sites (tertiary alicyclic amines) is 1. The zero-order valence-electron chi connectivity index (χ0n) is 11.9. The Morgan fingerprint density at radius 1 is 1.53 bits per heavy atom. The maximum atomic E-state index is 11.8. The van der Waals surface area contributed by atoms with Gasteiger partial charge in [-0.3, -0.25) is 5.10 Å². The van der Waals surface area contributed by atoms with E-state index in [2.05, 4.69) is 22.4 Å². The summed E-state index contributed by atoms with van der Waals surface area (Å²) in [5.74, 6) is 0. The molecule has 1 aliphatic heterocycles. The van der Waals surface area contributed by atoms with Gasteiger partial charge in [-0.2, -0.15) is 5.10 Å². The SMILES string of the molecule is CC(NC1CCN(C(=O)N(C)C)CC1)c1cn[nH]c1. The van der Waals surface area contributed by atoms with Crippen molar-refractivity contribution in [1.82, 2.24) is 25.3 Å². The van der Waals surface area contributed by atoms with Crippen molar-refractivity contribution in [2.75, 3.05) is 27.2 Å². The van der Waals surface area contributed by atoms with E-state index in [-0.39, 0.29) is 6.03 Å². The van der Waals surface area contributed by atoms with Gasteiger partial charge in [-0.15, -0.1) is 0 Å². The molecular weight excluding hydrogens is 242 g/mol. The summed E-state index contributed by atoms with van der Waals surface area (Å²) in [6.45, 7) is 3.79. The summed E-state index contributed by atoms with van der Waals surface area (Å²) in [6, 6.07) is 0.872. The van der Waals surface area contributed by atoms with Crippen LogP contribution in [-0.4, -0.2) is 59.3 Å². The number of hydrogen-bond acceptors (Lipinski definition) is 3. The highest BCUT2D eigenvalue weighted by atomic mass is 16.2. The average molecular weight is 265 g/mol. The van der Waals surface area contributed by atoms with Crippen molar-refractivity contribution in [3.05, 3.63) is 18.0 Å². The standard InChI is InChI=1S/C13H23N5O/c1-10(11-8-14-15-9-11)16-12-4-6-18(7-5-12)13(19)17(2)3/h8-10,12,16H,4-7H2,1-3H3,(H,14,15). The monoisotopic (exact) mass is 265 g/mol. The fraction of sp³-hybridized carbons (Fsp3) is 0.692. The molecule has 0 spiro atoms. The molecule has 0 aromatic carbocycles. The van der Waals surface area contributed by atoms with Crippen molar-refractivity contribution in [2.24, 2.45) is 0 Å².